The van der Waals surface area contributed by atoms with E-state index in [1.807, 2.05) is 23.1 Å². The molecule has 1 fully saturated rings. The van der Waals surface area contributed by atoms with Crippen molar-refractivity contribution in [1.29, 1.82) is 0 Å². The van der Waals surface area contributed by atoms with Gasteiger partial charge in [-0.2, -0.15) is 5.10 Å². The van der Waals surface area contributed by atoms with Crippen LogP contribution in [0.4, 0.5) is 5.13 Å². The summed E-state index contributed by atoms with van der Waals surface area (Å²) >= 11 is 1.79. The van der Waals surface area contributed by atoms with E-state index in [1.165, 1.54) is 4.88 Å². The van der Waals surface area contributed by atoms with Gasteiger partial charge in [0.2, 0.25) is 0 Å². The maximum Gasteiger partial charge on any atom is 0.185 e. The molecule has 0 amide bonds. The van der Waals surface area contributed by atoms with Gasteiger partial charge in [-0.1, -0.05) is 0 Å². The second kappa shape index (κ2) is 7.21. The summed E-state index contributed by atoms with van der Waals surface area (Å²) in [6.45, 7) is 9.49. The number of aromatic nitrogens is 3. The second-order valence-corrected chi connectivity index (χ2v) is 6.68. The van der Waals surface area contributed by atoms with Crippen molar-refractivity contribution < 1.29 is 4.74 Å². The fourth-order valence-corrected chi connectivity index (χ4v) is 3.55. The molecule has 0 aliphatic carbocycles. The Kier molecular flexibility index (Phi) is 5.07. The minimum Gasteiger partial charge on any atom is -0.378 e. The van der Waals surface area contributed by atoms with Gasteiger partial charge in [0, 0.05) is 42.9 Å². The van der Waals surface area contributed by atoms with E-state index < -0.39 is 0 Å². The zero-order valence-electron chi connectivity index (χ0n) is 13.2. The van der Waals surface area contributed by atoms with Crippen molar-refractivity contribution in [1.82, 2.24) is 20.1 Å². The van der Waals surface area contributed by atoms with Crippen LogP contribution in [0.15, 0.2) is 18.5 Å². The lowest BCUT2D eigenvalue weighted by Gasteiger charge is -2.26. The van der Waals surface area contributed by atoms with E-state index in [4.69, 9.17) is 9.72 Å². The second-order valence-electron chi connectivity index (χ2n) is 5.61. The van der Waals surface area contributed by atoms with E-state index in [1.54, 1.807) is 11.3 Å². The highest BCUT2D eigenvalue weighted by Gasteiger charge is 2.17. The lowest BCUT2D eigenvalue weighted by molar-refractivity contribution is 0.122. The van der Waals surface area contributed by atoms with Crippen molar-refractivity contribution in [3.05, 3.63) is 29.0 Å². The van der Waals surface area contributed by atoms with Crippen LogP contribution in [0.3, 0.4) is 0 Å². The van der Waals surface area contributed by atoms with E-state index in [2.05, 4.69) is 29.2 Å². The van der Waals surface area contributed by atoms with Gasteiger partial charge in [0.05, 0.1) is 25.5 Å². The Balaban J connectivity index is 1.54. The van der Waals surface area contributed by atoms with E-state index in [0.29, 0.717) is 6.04 Å². The molecule has 0 aromatic carbocycles. The molecule has 1 aliphatic heterocycles. The van der Waals surface area contributed by atoms with Gasteiger partial charge in [-0.05, 0) is 19.9 Å². The summed E-state index contributed by atoms with van der Waals surface area (Å²) in [5, 5.41) is 8.93. The maximum absolute atomic E-state index is 5.40. The molecule has 0 bridgehead atoms. The first-order valence-electron chi connectivity index (χ1n) is 7.72. The molecule has 2 aromatic rings. The van der Waals surface area contributed by atoms with Crippen LogP contribution in [0.2, 0.25) is 0 Å². The van der Waals surface area contributed by atoms with Crippen LogP contribution in [0, 0.1) is 6.92 Å². The first-order chi connectivity index (χ1) is 10.7. The SMILES string of the molecule is Cc1nc(N2CCOCC2)sc1CN[C@H](C)Cn1cccn1. The summed E-state index contributed by atoms with van der Waals surface area (Å²) in [4.78, 5) is 8.35. The Labute approximate surface area is 135 Å². The Morgan fingerprint density at radius 2 is 2.23 bits per heavy atom. The fraction of sp³-hybridized carbons (Fsp3) is 0.600. The van der Waals surface area contributed by atoms with Crippen molar-refractivity contribution in [3.63, 3.8) is 0 Å². The lowest BCUT2D eigenvalue weighted by Crippen LogP contribution is -2.36. The van der Waals surface area contributed by atoms with Crippen molar-refractivity contribution in [2.75, 3.05) is 31.2 Å². The maximum atomic E-state index is 5.40. The quantitative estimate of drug-likeness (QED) is 0.877. The Bertz CT molecular complexity index is 577. The molecule has 0 unspecified atom stereocenters. The summed E-state index contributed by atoms with van der Waals surface area (Å²) in [5.74, 6) is 0. The van der Waals surface area contributed by atoms with Gasteiger partial charge in [0.25, 0.3) is 0 Å². The van der Waals surface area contributed by atoms with Crippen LogP contribution in [0.25, 0.3) is 0 Å². The summed E-state index contributed by atoms with van der Waals surface area (Å²) in [5.41, 5.74) is 1.13. The molecule has 0 radical (unpaired) electrons. The summed E-state index contributed by atoms with van der Waals surface area (Å²) in [6.07, 6.45) is 3.81. The molecule has 1 N–H and O–H groups in total. The molecular weight excluding hydrogens is 298 g/mol. The average Bonchev–Trinajstić information content (AvgIpc) is 3.16. The van der Waals surface area contributed by atoms with Crippen LogP contribution in [0.5, 0.6) is 0 Å². The average molecular weight is 321 g/mol. The number of morpholine rings is 1. The van der Waals surface area contributed by atoms with Gasteiger partial charge in [-0.3, -0.25) is 4.68 Å². The third-order valence-corrected chi connectivity index (χ3v) is 5.01. The Morgan fingerprint density at radius 1 is 1.41 bits per heavy atom. The first kappa shape index (κ1) is 15.5. The summed E-state index contributed by atoms with van der Waals surface area (Å²) in [6, 6.07) is 2.32. The van der Waals surface area contributed by atoms with E-state index >= 15 is 0 Å². The van der Waals surface area contributed by atoms with Gasteiger partial charge < -0.3 is 15.0 Å². The number of hydrogen-bond donors (Lipinski definition) is 1. The van der Waals surface area contributed by atoms with Crippen LogP contribution < -0.4 is 10.2 Å². The number of thiazole rings is 1. The lowest BCUT2D eigenvalue weighted by atomic mass is 10.3. The van der Waals surface area contributed by atoms with Crippen LogP contribution >= 0.6 is 11.3 Å². The van der Waals surface area contributed by atoms with E-state index in [0.717, 1.165) is 50.2 Å². The Morgan fingerprint density at radius 3 is 2.95 bits per heavy atom. The van der Waals surface area contributed by atoms with Gasteiger partial charge in [-0.15, -0.1) is 11.3 Å². The van der Waals surface area contributed by atoms with Crippen LogP contribution in [-0.2, 0) is 17.8 Å². The van der Waals surface area contributed by atoms with E-state index in [-0.39, 0.29) is 0 Å². The smallest absolute Gasteiger partial charge is 0.185 e. The zero-order valence-corrected chi connectivity index (χ0v) is 14.0. The predicted molar refractivity (Wildman–Crippen MR) is 88.4 cm³/mol. The number of aryl methyl sites for hydroxylation is 1. The first-order valence-corrected chi connectivity index (χ1v) is 8.54. The molecule has 2 aromatic heterocycles. The molecule has 3 rings (SSSR count). The van der Waals surface area contributed by atoms with Crippen molar-refractivity contribution in [2.45, 2.75) is 33.0 Å². The normalized spacial score (nSPS) is 16.9. The molecule has 1 aliphatic rings. The number of nitrogens with one attached hydrogen (secondary N) is 1. The highest BCUT2D eigenvalue weighted by Crippen LogP contribution is 2.26. The van der Waals surface area contributed by atoms with Gasteiger partial charge in [-0.25, -0.2) is 4.98 Å². The largest absolute Gasteiger partial charge is 0.378 e. The highest BCUT2D eigenvalue weighted by molar-refractivity contribution is 7.15. The Hall–Kier alpha value is -1.44. The number of rotatable bonds is 6. The third kappa shape index (κ3) is 3.85. The standard InChI is InChI=1S/C15H23N5OS/c1-12(11-20-5-3-4-17-20)16-10-14-13(2)18-15(22-14)19-6-8-21-9-7-19/h3-5,12,16H,6-11H2,1-2H3/t12-/m1/s1. The summed E-state index contributed by atoms with van der Waals surface area (Å²) < 4.78 is 7.36. The van der Waals surface area contributed by atoms with Crippen LogP contribution in [-0.4, -0.2) is 47.1 Å². The van der Waals surface area contributed by atoms with E-state index in [9.17, 15) is 0 Å². The number of hydrogen-bond acceptors (Lipinski definition) is 6. The van der Waals surface area contributed by atoms with Crippen LogP contribution in [0.1, 0.15) is 17.5 Å². The molecule has 1 saturated heterocycles. The van der Waals surface area contributed by atoms with Gasteiger partial charge in [0.15, 0.2) is 5.13 Å². The molecule has 7 heteroatoms. The summed E-state index contributed by atoms with van der Waals surface area (Å²) in [7, 11) is 0. The minimum atomic E-state index is 0.369. The molecule has 0 saturated carbocycles. The molecular formula is C15H23N5OS. The molecule has 0 spiro atoms. The van der Waals surface area contributed by atoms with Crippen molar-refractivity contribution >= 4 is 16.5 Å². The predicted octanol–water partition coefficient (Wildman–Crippen LogP) is 1.66. The minimum absolute atomic E-state index is 0.369. The van der Waals surface area contributed by atoms with Gasteiger partial charge >= 0.3 is 0 Å². The fourth-order valence-electron chi connectivity index (χ4n) is 2.49. The number of anilines is 1. The highest BCUT2D eigenvalue weighted by atomic mass is 32.1. The molecule has 1 atom stereocenters. The van der Waals surface area contributed by atoms with Gasteiger partial charge in [0.1, 0.15) is 0 Å². The molecule has 22 heavy (non-hydrogen) atoms. The number of ether oxygens (including phenoxy) is 1. The molecule has 3 heterocycles. The topological polar surface area (TPSA) is 55.2 Å². The molecule has 120 valence electrons. The van der Waals surface area contributed by atoms with Crippen molar-refractivity contribution in [3.8, 4) is 0 Å². The molecule has 6 nitrogen and oxygen atoms in total. The zero-order chi connectivity index (χ0) is 15.4. The third-order valence-electron chi connectivity index (χ3n) is 3.79. The number of nitrogens with zero attached hydrogens (tertiary/aromatic N) is 4. The monoisotopic (exact) mass is 321 g/mol. The van der Waals surface area contributed by atoms with Crippen molar-refractivity contribution in [2.24, 2.45) is 0 Å².